The zero-order chi connectivity index (χ0) is 8.53. The highest BCUT2D eigenvalue weighted by molar-refractivity contribution is 5.64. The standard InChI is InChI=1S/C4H5N.C3H7NO2/c1-2-4-5-3-1;1-2-6-3(4)5/h1-5H;2H2,1H3,(H2,4,5). The summed E-state index contributed by atoms with van der Waals surface area (Å²) in [5, 5.41) is 0. The number of aromatic amines is 1. The minimum Gasteiger partial charge on any atom is -0.450 e. The lowest BCUT2D eigenvalue weighted by atomic mass is 10.7. The van der Waals surface area contributed by atoms with Crippen molar-refractivity contribution < 1.29 is 9.53 Å². The third-order valence-electron chi connectivity index (χ3n) is 0.783. The Morgan fingerprint density at radius 1 is 1.55 bits per heavy atom. The van der Waals surface area contributed by atoms with Gasteiger partial charge in [-0.15, -0.1) is 0 Å². The minimum atomic E-state index is -0.711. The second-order valence-electron chi connectivity index (χ2n) is 1.64. The van der Waals surface area contributed by atoms with Crippen molar-refractivity contribution in [2.75, 3.05) is 6.61 Å². The van der Waals surface area contributed by atoms with Crippen molar-refractivity contribution in [2.45, 2.75) is 6.92 Å². The number of amides is 1. The molecule has 0 unspecified atom stereocenters. The molecule has 0 bridgehead atoms. The van der Waals surface area contributed by atoms with E-state index in [0.29, 0.717) is 6.61 Å². The van der Waals surface area contributed by atoms with Crippen molar-refractivity contribution in [3.8, 4) is 0 Å². The van der Waals surface area contributed by atoms with Crippen LogP contribution in [0.1, 0.15) is 6.92 Å². The van der Waals surface area contributed by atoms with Crippen LogP contribution in [0, 0.1) is 0 Å². The van der Waals surface area contributed by atoms with E-state index in [1.165, 1.54) is 0 Å². The van der Waals surface area contributed by atoms with Gasteiger partial charge in [0.2, 0.25) is 0 Å². The van der Waals surface area contributed by atoms with E-state index in [0.717, 1.165) is 0 Å². The van der Waals surface area contributed by atoms with Crippen molar-refractivity contribution in [1.29, 1.82) is 0 Å². The Hall–Kier alpha value is -1.45. The fraction of sp³-hybridized carbons (Fsp3) is 0.286. The topological polar surface area (TPSA) is 68.1 Å². The van der Waals surface area contributed by atoms with Crippen molar-refractivity contribution in [2.24, 2.45) is 5.73 Å². The first-order valence-electron chi connectivity index (χ1n) is 3.27. The highest BCUT2D eigenvalue weighted by Gasteiger charge is 1.82. The zero-order valence-electron chi connectivity index (χ0n) is 6.41. The lowest BCUT2D eigenvalue weighted by Gasteiger charge is -1.89. The maximum Gasteiger partial charge on any atom is 0.404 e. The SMILES string of the molecule is CCOC(N)=O.c1cc[nH]c1. The van der Waals surface area contributed by atoms with Gasteiger partial charge in [0.25, 0.3) is 0 Å². The molecule has 1 rings (SSSR count). The van der Waals surface area contributed by atoms with Gasteiger partial charge in [0, 0.05) is 12.4 Å². The van der Waals surface area contributed by atoms with Gasteiger partial charge in [0.1, 0.15) is 0 Å². The predicted octanol–water partition coefficient (Wildman–Crippen LogP) is 1.12. The van der Waals surface area contributed by atoms with Crippen LogP contribution in [0.15, 0.2) is 24.5 Å². The summed E-state index contributed by atoms with van der Waals surface area (Å²) in [6.45, 7) is 2.06. The monoisotopic (exact) mass is 156 g/mol. The van der Waals surface area contributed by atoms with Gasteiger partial charge in [0.05, 0.1) is 6.61 Å². The largest absolute Gasteiger partial charge is 0.450 e. The van der Waals surface area contributed by atoms with E-state index < -0.39 is 6.09 Å². The van der Waals surface area contributed by atoms with Crippen LogP contribution in [0.25, 0.3) is 0 Å². The number of H-pyrrole nitrogens is 1. The number of nitrogens with one attached hydrogen (secondary N) is 1. The molecule has 0 aliphatic carbocycles. The van der Waals surface area contributed by atoms with Crippen LogP contribution in [0.2, 0.25) is 0 Å². The number of primary amides is 1. The highest BCUT2D eigenvalue weighted by atomic mass is 16.5. The van der Waals surface area contributed by atoms with Gasteiger partial charge in [-0.1, -0.05) is 0 Å². The average molecular weight is 156 g/mol. The third-order valence-corrected chi connectivity index (χ3v) is 0.783. The summed E-state index contributed by atoms with van der Waals surface area (Å²) in [7, 11) is 0. The Bertz CT molecular complexity index is 155. The van der Waals surface area contributed by atoms with Crippen LogP contribution in [-0.4, -0.2) is 17.7 Å². The second-order valence-corrected chi connectivity index (χ2v) is 1.64. The van der Waals surface area contributed by atoms with Gasteiger partial charge in [-0.25, -0.2) is 4.79 Å². The minimum absolute atomic E-state index is 0.356. The Kier molecular flexibility index (Phi) is 5.79. The van der Waals surface area contributed by atoms with Crippen LogP contribution in [0.3, 0.4) is 0 Å². The van der Waals surface area contributed by atoms with Gasteiger partial charge < -0.3 is 15.5 Å². The molecule has 11 heavy (non-hydrogen) atoms. The molecule has 4 nitrogen and oxygen atoms in total. The van der Waals surface area contributed by atoms with Gasteiger partial charge in [-0.3, -0.25) is 0 Å². The lowest BCUT2D eigenvalue weighted by molar-refractivity contribution is 0.163. The quantitative estimate of drug-likeness (QED) is 0.639. The predicted molar refractivity (Wildman–Crippen MR) is 42.0 cm³/mol. The molecular formula is C7H12N2O2. The van der Waals surface area contributed by atoms with E-state index in [1.807, 2.05) is 24.5 Å². The van der Waals surface area contributed by atoms with E-state index in [9.17, 15) is 4.79 Å². The number of hydrogen-bond donors (Lipinski definition) is 2. The molecule has 0 fully saturated rings. The molecule has 4 heteroatoms. The molecule has 0 atom stereocenters. The molecule has 0 saturated carbocycles. The van der Waals surface area contributed by atoms with Gasteiger partial charge in [0.15, 0.2) is 0 Å². The van der Waals surface area contributed by atoms with Gasteiger partial charge in [-0.2, -0.15) is 0 Å². The zero-order valence-corrected chi connectivity index (χ0v) is 6.41. The molecule has 1 amide bonds. The maximum absolute atomic E-state index is 9.60. The number of ether oxygens (including phenoxy) is 1. The van der Waals surface area contributed by atoms with E-state index in [-0.39, 0.29) is 0 Å². The number of nitrogens with two attached hydrogens (primary N) is 1. The molecule has 0 saturated heterocycles. The highest BCUT2D eigenvalue weighted by Crippen LogP contribution is 1.72. The van der Waals surface area contributed by atoms with Crippen molar-refractivity contribution in [3.05, 3.63) is 24.5 Å². The maximum atomic E-state index is 9.60. The van der Waals surface area contributed by atoms with Gasteiger partial charge >= 0.3 is 6.09 Å². The number of aromatic nitrogens is 1. The Morgan fingerprint density at radius 2 is 2.09 bits per heavy atom. The van der Waals surface area contributed by atoms with E-state index in [1.54, 1.807) is 6.92 Å². The number of hydrogen-bond acceptors (Lipinski definition) is 2. The number of rotatable bonds is 1. The van der Waals surface area contributed by atoms with Gasteiger partial charge in [-0.05, 0) is 19.1 Å². The fourth-order valence-electron chi connectivity index (χ4n) is 0.420. The number of carbonyl (C=O) groups is 1. The molecule has 3 N–H and O–H groups in total. The summed E-state index contributed by atoms with van der Waals surface area (Å²) >= 11 is 0. The van der Waals surface area contributed by atoms with Crippen molar-refractivity contribution in [3.63, 3.8) is 0 Å². The molecule has 0 radical (unpaired) electrons. The second kappa shape index (κ2) is 6.67. The Morgan fingerprint density at radius 3 is 2.18 bits per heavy atom. The smallest absolute Gasteiger partial charge is 0.404 e. The van der Waals surface area contributed by atoms with Crippen LogP contribution < -0.4 is 5.73 Å². The van der Waals surface area contributed by atoms with Crippen LogP contribution in [0.4, 0.5) is 4.79 Å². The van der Waals surface area contributed by atoms with E-state index in [2.05, 4.69) is 15.5 Å². The summed E-state index contributed by atoms with van der Waals surface area (Å²) < 4.78 is 4.18. The average Bonchev–Trinajstić information content (AvgIpc) is 2.41. The molecule has 1 heterocycles. The first kappa shape index (κ1) is 9.55. The van der Waals surface area contributed by atoms with E-state index in [4.69, 9.17) is 0 Å². The molecular weight excluding hydrogens is 144 g/mol. The molecule has 0 aliphatic heterocycles. The molecule has 0 spiro atoms. The summed E-state index contributed by atoms with van der Waals surface area (Å²) in [4.78, 5) is 12.5. The van der Waals surface area contributed by atoms with Crippen molar-refractivity contribution >= 4 is 6.09 Å². The molecule has 0 aliphatic rings. The molecule has 62 valence electrons. The summed E-state index contributed by atoms with van der Waals surface area (Å²) in [6.07, 6.45) is 3.04. The summed E-state index contributed by atoms with van der Waals surface area (Å²) in [5.74, 6) is 0. The summed E-state index contributed by atoms with van der Waals surface area (Å²) in [6, 6.07) is 3.89. The lowest BCUT2D eigenvalue weighted by Crippen LogP contribution is -2.11. The summed E-state index contributed by atoms with van der Waals surface area (Å²) in [5.41, 5.74) is 4.54. The number of carbonyl (C=O) groups excluding carboxylic acids is 1. The molecule has 1 aromatic heterocycles. The van der Waals surface area contributed by atoms with Crippen LogP contribution in [-0.2, 0) is 4.74 Å². The fourth-order valence-corrected chi connectivity index (χ4v) is 0.420. The van der Waals surface area contributed by atoms with E-state index >= 15 is 0 Å². The van der Waals surface area contributed by atoms with Crippen LogP contribution in [0.5, 0.6) is 0 Å². The van der Waals surface area contributed by atoms with Crippen LogP contribution >= 0.6 is 0 Å². The Balaban J connectivity index is 0.000000183. The first-order valence-corrected chi connectivity index (χ1v) is 3.27. The normalized spacial score (nSPS) is 7.73. The third kappa shape index (κ3) is 8.55. The Labute approximate surface area is 65.4 Å². The van der Waals surface area contributed by atoms with Crippen molar-refractivity contribution in [1.82, 2.24) is 4.98 Å². The first-order chi connectivity index (χ1) is 5.27. The molecule has 0 aromatic carbocycles. The molecule has 1 aromatic rings.